The first-order chi connectivity index (χ1) is 14.3. The summed E-state index contributed by atoms with van der Waals surface area (Å²) in [6.45, 7) is 0. The van der Waals surface area contributed by atoms with E-state index in [-0.39, 0.29) is 10.9 Å². The Labute approximate surface area is 175 Å². The second kappa shape index (κ2) is 7.87. The average molecular weight is 431 g/mol. The third-order valence-corrected chi connectivity index (χ3v) is 5.41. The van der Waals surface area contributed by atoms with Crippen molar-refractivity contribution in [2.45, 2.75) is 18.9 Å². The third kappa shape index (κ3) is 3.66. The van der Waals surface area contributed by atoms with Crippen molar-refractivity contribution in [3.8, 4) is 0 Å². The lowest BCUT2D eigenvalue weighted by molar-refractivity contribution is 0.0926. The minimum atomic E-state index is -0.593. The average Bonchev–Trinajstić information content (AvgIpc) is 3.32. The molecule has 0 spiro atoms. The number of hydrogen-bond acceptors (Lipinski definition) is 3. The summed E-state index contributed by atoms with van der Waals surface area (Å²) in [7, 11) is 1.64. The van der Waals surface area contributed by atoms with Gasteiger partial charge in [-0.2, -0.15) is 5.10 Å². The second-order valence-electron chi connectivity index (χ2n) is 6.97. The standard InChI is InChI=1S/C21H17ClF2N4O2/c1-28-18(8-9-25-28)21(30)27-17-7-4-12-13(3-6-16(24)19(12)17)20(29)26-11-2-5-15(23)14(22)10-11/h2-3,5-6,8-10,17H,4,7H2,1H3,(H,26,29)(H,27,30)/t17-/m0/s1. The van der Waals surface area contributed by atoms with Gasteiger partial charge in [-0.1, -0.05) is 11.6 Å². The van der Waals surface area contributed by atoms with Crippen LogP contribution in [-0.2, 0) is 13.5 Å². The van der Waals surface area contributed by atoms with Crippen LogP contribution in [0.25, 0.3) is 0 Å². The maximum absolute atomic E-state index is 14.6. The lowest BCUT2D eigenvalue weighted by Gasteiger charge is -2.16. The number of anilines is 1. The number of aryl methyl sites for hydroxylation is 1. The number of nitrogens with zero attached hydrogens (tertiary/aromatic N) is 2. The van der Waals surface area contributed by atoms with Gasteiger partial charge in [0.25, 0.3) is 11.8 Å². The smallest absolute Gasteiger partial charge is 0.270 e. The van der Waals surface area contributed by atoms with Gasteiger partial charge < -0.3 is 10.6 Å². The fourth-order valence-corrected chi connectivity index (χ4v) is 3.85. The molecule has 0 bridgehead atoms. The zero-order chi connectivity index (χ0) is 21.4. The van der Waals surface area contributed by atoms with Gasteiger partial charge >= 0.3 is 0 Å². The van der Waals surface area contributed by atoms with Gasteiger partial charge in [-0.05, 0) is 54.8 Å². The summed E-state index contributed by atoms with van der Waals surface area (Å²) in [6, 6.07) is 7.46. The van der Waals surface area contributed by atoms with Crippen molar-refractivity contribution < 1.29 is 18.4 Å². The van der Waals surface area contributed by atoms with Crippen LogP contribution in [0.3, 0.4) is 0 Å². The first-order valence-corrected chi connectivity index (χ1v) is 9.59. The maximum Gasteiger partial charge on any atom is 0.270 e. The minimum Gasteiger partial charge on any atom is -0.344 e. The van der Waals surface area contributed by atoms with Crippen LogP contribution in [0, 0.1) is 11.6 Å². The highest BCUT2D eigenvalue weighted by atomic mass is 35.5. The van der Waals surface area contributed by atoms with E-state index < -0.39 is 23.6 Å². The van der Waals surface area contributed by atoms with E-state index in [2.05, 4.69) is 15.7 Å². The molecule has 1 aromatic heterocycles. The number of benzene rings is 2. The first-order valence-electron chi connectivity index (χ1n) is 9.21. The number of fused-ring (bicyclic) bond motifs is 1. The van der Waals surface area contributed by atoms with Crippen molar-refractivity contribution in [2.75, 3.05) is 5.32 Å². The summed E-state index contributed by atoms with van der Waals surface area (Å²) in [4.78, 5) is 25.3. The zero-order valence-corrected chi connectivity index (χ0v) is 16.6. The quantitative estimate of drug-likeness (QED) is 0.656. The Morgan fingerprint density at radius 1 is 1.13 bits per heavy atom. The Morgan fingerprint density at radius 2 is 1.90 bits per heavy atom. The molecule has 0 fully saturated rings. The van der Waals surface area contributed by atoms with Crippen LogP contribution in [-0.4, -0.2) is 21.6 Å². The maximum atomic E-state index is 14.6. The number of nitrogens with one attached hydrogen (secondary N) is 2. The van der Waals surface area contributed by atoms with E-state index in [0.29, 0.717) is 40.9 Å². The topological polar surface area (TPSA) is 76.0 Å². The minimum absolute atomic E-state index is 0.116. The molecule has 4 rings (SSSR count). The molecule has 0 radical (unpaired) electrons. The van der Waals surface area contributed by atoms with Crippen molar-refractivity contribution in [2.24, 2.45) is 7.05 Å². The van der Waals surface area contributed by atoms with Crippen molar-refractivity contribution in [3.05, 3.63) is 81.6 Å². The van der Waals surface area contributed by atoms with Gasteiger partial charge in [0.05, 0.1) is 11.1 Å². The van der Waals surface area contributed by atoms with E-state index in [0.717, 1.165) is 6.07 Å². The third-order valence-electron chi connectivity index (χ3n) is 5.12. The summed E-state index contributed by atoms with van der Waals surface area (Å²) in [5.41, 5.74) is 1.81. The molecule has 1 heterocycles. The molecule has 1 atom stereocenters. The Balaban J connectivity index is 1.59. The van der Waals surface area contributed by atoms with E-state index >= 15 is 0 Å². The molecule has 0 saturated heterocycles. The van der Waals surface area contributed by atoms with E-state index in [1.54, 1.807) is 13.1 Å². The lowest BCUT2D eigenvalue weighted by Crippen LogP contribution is -2.29. The van der Waals surface area contributed by atoms with E-state index in [4.69, 9.17) is 11.6 Å². The predicted molar refractivity (Wildman–Crippen MR) is 107 cm³/mol. The number of halogens is 3. The van der Waals surface area contributed by atoms with Crippen LogP contribution in [0.4, 0.5) is 14.5 Å². The molecule has 1 aliphatic carbocycles. The van der Waals surface area contributed by atoms with Gasteiger partial charge in [-0.15, -0.1) is 0 Å². The second-order valence-corrected chi connectivity index (χ2v) is 7.38. The molecular formula is C21H17ClF2N4O2. The molecule has 6 nitrogen and oxygen atoms in total. The molecule has 30 heavy (non-hydrogen) atoms. The predicted octanol–water partition coefficient (Wildman–Crippen LogP) is 4.02. The summed E-state index contributed by atoms with van der Waals surface area (Å²) < 4.78 is 29.4. The molecule has 2 N–H and O–H groups in total. The number of rotatable bonds is 4. The normalized spacial score (nSPS) is 15.0. The molecule has 154 valence electrons. The van der Waals surface area contributed by atoms with Crippen LogP contribution < -0.4 is 10.6 Å². The van der Waals surface area contributed by atoms with Crippen LogP contribution in [0.5, 0.6) is 0 Å². The van der Waals surface area contributed by atoms with Gasteiger partial charge in [-0.25, -0.2) is 8.78 Å². The highest BCUT2D eigenvalue weighted by Crippen LogP contribution is 2.36. The molecule has 0 aliphatic heterocycles. The Hall–Kier alpha value is -3.26. The number of carbonyl (C=O) groups is 2. The Bertz CT molecular complexity index is 1160. The van der Waals surface area contributed by atoms with Crippen LogP contribution >= 0.6 is 11.6 Å². The van der Waals surface area contributed by atoms with Gasteiger partial charge in [0, 0.05) is 30.1 Å². The van der Waals surface area contributed by atoms with Gasteiger partial charge in [-0.3, -0.25) is 14.3 Å². The summed E-state index contributed by atoms with van der Waals surface area (Å²) in [5.74, 6) is -1.92. The first kappa shape index (κ1) is 20.0. The molecule has 0 saturated carbocycles. The zero-order valence-electron chi connectivity index (χ0n) is 15.9. The number of aromatic nitrogens is 2. The molecule has 3 aromatic rings. The van der Waals surface area contributed by atoms with Gasteiger partial charge in [0.15, 0.2) is 0 Å². The SMILES string of the molecule is Cn1nccc1C(=O)N[C@H]1CCc2c(C(=O)Nc3ccc(F)c(Cl)c3)ccc(F)c21. The van der Waals surface area contributed by atoms with Crippen molar-refractivity contribution in [1.29, 1.82) is 0 Å². The summed E-state index contributed by atoms with van der Waals surface area (Å²) >= 11 is 5.76. The highest BCUT2D eigenvalue weighted by Gasteiger charge is 2.31. The Kier molecular flexibility index (Phi) is 5.26. The monoisotopic (exact) mass is 430 g/mol. The Morgan fingerprint density at radius 3 is 2.60 bits per heavy atom. The largest absolute Gasteiger partial charge is 0.344 e. The van der Waals surface area contributed by atoms with Crippen molar-refractivity contribution in [3.63, 3.8) is 0 Å². The summed E-state index contributed by atoms with van der Waals surface area (Å²) in [5, 5.41) is 9.31. The van der Waals surface area contributed by atoms with E-state index in [1.807, 2.05) is 0 Å². The fraction of sp³-hybridized carbons (Fsp3) is 0.190. The number of amides is 2. The molecule has 1 aliphatic rings. The molecule has 2 aromatic carbocycles. The highest BCUT2D eigenvalue weighted by molar-refractivity contribution is 6.31. The molecule has 9 heteroatoms. The van der Waals surface area contributed by atoms with E-state index in [1.165, 1.54) is 35.1 Å². The van der Waals surface area contributed by atoms with Crippen LogP contribution in [0.2, 0.25) is 5.02 Å². The molecule has 0 unspecified atom stereocenters. The van der Waals surface area contributed by atoms with E-state index in [9.17, 15) is 18.4 Å². The lowest BCUT2D eigenvalue weighted by atomic mass is 10.0. The number of carbonyl (C=O) groups excluding carboxylic acids is 2. The van der Waals surface area contributed by atoms with Crippen molar-refractivity contribution in [1.82, 2.24) is 15.1 Å². The molecule has 2 amide bonds. The fourth-order valence-electron chi connectivity index (χ4n) is 3.67. The van der Waals surface area contributed by atoms with Gasteiger partial charge in [0.1, 0.15) is 17.3 Å². The van der Waals surface area contributed by atoms with Crippen LogP contribution in [0.15, 0.2) is 42.6 Å². The van der Waals surface area contributed by atoms with Gasteiger partial charge in [0.2, 0.25) is 0 Å². The summed E-state index contributed by atoms with van der Waals surface area (Å²) in [6.07, 6.45) is 2.39. The van der Waals surface area contributed by atoms with Crippen molar-refractivity contribution >= 4 is 29.1 Å². The molecular weight excluding hydrogens is 414 g/mol. The van der Waals surface area contributed by atoms with Crippen LogP contribution in [0.1, 0.15) is 44.4 Å². The number of hydrogen-bond donors (Lipinski definition) is 2.